The Morgan fingerprint density at radius 2 is 1.67 bits per heavy atom. The number of nitrogens with zero attached hydrogens (tertiary/aromatic N) is 8. The standard InChI is InChI=1S/C33H44N10OS/c1-22-19-27(29(44-5)20-28(22)43-13-9-24(10-14-43)42-17-15-40(3)16-18-42)38-33-36-21-23(2)32(39-33)37-26-8-7-25-30(35-12-11-34-25)31(26)41(4)45-6/h7-8,11-12,19-21,24H,9-10,13-18H2,1-6H3,(H2,36,37,38,39). The van der Waals surface area contributed by atoms with Gasteiger partial charge in [-0.1, -0.05) is 11.9 Å². The molecule has 238 valence electrons. The Hall–Kier alpha value is -3.87. The summed E-state index contributed by atoms with van der Waals surface area (Å²) in [6.45, 7) is 11.0. The van der Waals surface area contributed by atoms with Crippen molar-refractivity contribution >= 4 is 57.5 Å². The van der Waals surface area contributed by atoms with Crippen molar-refractivity contribution in [3.05, 3.63) is 54.0 Å². The zero-order valence-electron chi connectivity index (χ0n) is 27.2. The minimum absolute atomic E-state index is 0.488. The Kier molecular flexibility index (Phi) is 9.43. The van der Waals surface area contributed by atoms with E-state index in [1.807, 2.05) is 38.6 Å². The molecule has 2 saturated heterocycles. The van der Waals surface area contributed by atoms with E-state index in [0.717, 1.165) is 52.5 Å². The van der Waals surface area contributed by atoms with Gasteiger partial charge in [0.1, 0.15) is 17.1 Å². The molecule has 2 aliphatic heterocycles. The molecule has 11 nitrogen and oxygen atoms in total. The van der Waals surface area contributed by atoms with Gasteiger partial charge in [-0.3, -0.25) is 14.9 Å². The van der Waals surface area contributed by atoms with E-state index < -0.39 is 0 Å². The quantitative estimate of drug-likeness (QED) is 0.230. The molecule has 4 heterocycles. The molecule has 6 rings (SSSR count). The van der Waals surface area contributed by atoms with Crippen LogP contribution in [-0.2, 0) is 0 Å². The number of likely N-dealkylation sites (N-methyl/N-ethyl adjacent to an activating group) is 1. The molecule has 2 N–H and O–H groups in total. The molecule has 0 saturated carbocycles. The maximum Gasteiger partial charge on any atom is 0.229 e. The molecule has 0 unspecified atom stereocenters. The van der Waals surface area contributed by atoms with Crippen LogP contribution in [-0.4, -0.2) is 103 Å². The summed E-state index contributed by atoms with van der Waals surface area (Å²) in [5, 5.41) is 6.96. The zero-order valence-corrected chi connectivity index (χ0v) is 28.0. The Labute approximate surface area is 270 Å². The highest BCUT2D eigenvalue weighted by molar-refractivity contribution is 7.99. The minimum atomic E-state index is 0.488. The lowest BCUT2D eigenvalue weighted by molar-refractivity contribution is 0.0982. The fourth-order valence-corrected chi connectivity index (χ4v) is 6.72. The van der Waals surface area contributed by atoms with Gasteiger partial charge < -0.3 is 29.5 Å². The van der Waals surface area contributed by atoms with Gasteiger partial charge in [0.2, 0.25) is 5.95 Å². The van der Waals surface area contributed by atoms with Gasteiger partial charge >= 0.3 is 0 Å². The molecule has 2 aliphatic rings. The predicted molar refractivity (Wildman–Crippen MR) is 187 cm³/mol. The molecule has 0 aliphatic carbocycles. The van der Waals surface area contributed by atoms with Crippen LogP contribution in [0.25, 0.3) is 11.0 Å². The van der Waals surface area contributed by atoms with Crippen molar-refractivity contribution in [2.75, 3.05) is 86.6 Å². The number of fused-ring (bicyclic) bond motifs is 1. The second-order valence-electron chi connectivity index (χ2n) is 11.9. The third kappa shape index (κ3) is 6.73. The molecule has 2 fully saturated rings. The smallest absolute Gasteiger partial charge is 0.229 e. The molecule has 0 atom stereocenters. The number of piperazine rings is 1. The molecule has 2 aromatic carbocycles. The fourth-order valence-electron chi connectivity index (χ4n) is 6.35. The second-order valence-corrected chi connectivity index (χ2v) is 12.9. The first-order valence-corrected chi connectivity index (χ1v) is 16.8. The summed E-state index contributed by atoms with van der Waals surface area (Å²) in [7, 11) is 5.96. The Morgan fingerprint density at radius 3 is 2.40 bits per heavy atom. The van der Waals surface area contributed by atoms with Gasteiger partial charge in [0.25, 0.3) is 0 Å². The largest absolute Gasteiger partial charge is 0.494 e. The maximum absolute atomic E-state index is 5.88. The molecule has 45 heavy (non-hydrogen) atoms. The van der Waals surface area contributed by atoms with Crippen molar-refractivity contribution in [2.24, 2.45) is 0 Å². The van der Waals surface area contributed by atoms with Crippen LogP contribution in [0.15, 0.2) is 42.9 Å². The number of ether oxygens (including phenoxy) is 1. The van der Waals surface area contributed by atoms with Gasteiger partial charge in [0.05, 0.1) is 29.7 Å². The van der Waals surface area contributed by atoms with Crippen molar-refractivity contribution in [1.82, 2.24) is 29.7 Å². The molecular formula is C33H44N10OS. The summed E-state index contributed by atoms with van der Waals surface area (Å²) in [6.07, 6.45) is 9.68. The summed E-state index contributed by atoms with van der Waals surface area (Å²) < 4.78 is 7.96. The van der Waals surface area contributed by atoms with Gasteiger partial charge in [0, 0.05) is 94.5 Å². The van der Waals surface area contributed by atoms with E-state index in [1.54, 1.807) is 31.5 Å². The van der Waals surface area contributed by atoms with Crippen molar-refractivity contribution in [3.8, 4) is 5.75 Å². The van der Waals surface area contributed by atoms with E-state index in [-0.39, 0.29) is 0 Å². The van der Waals surface area contributed by atoms with Crippen LogP contribution in [0.3, 0.4) is 0 Å². The number of aromatic nitrogens is 4. The van der Waals surface area contributed by atoms with Crippen molar-refractivity contribution in [3.63, 3.8) is 0 Å². The Bertz CT molecular complexity index is 1640. The van der Waals surface area contributed by atoms with E-state index in [4.69, 9.17) is 9.72 Å². The van der Waals surface area contributed by atoms with Crippen LogP contribution in [0.1, 0.15) is 24.0 Å². The Balaban J connectivity index is 1.20. The highest BCUT2D eigenvalue weighted by Crippen LogP contribution is 2.38. The number of methoxy groups -OCH3 is 1. The average Bonchev–Trinajstić information content (AvgIpc) is 3.06. The number of anilines is 6. The monoisotopic (exact) mass is 628 g/mol. The van der Waals surface area contributed by atoms with Gasteiger partial charge in [-0.15, -0.1) is 0 Å². The highest BCUT2D eigenvalue weighted by Gasteiger charge is 2.28. The molecular weight excluding hydrogens is 584 g/mol. The number of hydrogen-bond acceptors (Lipinski definition) is 12. The van der Waals surface area contributed by atoms with Crippen LogP contribution >= 0.6 is 11.9 Å². The lowest BCUT2D eigenvalue weighted by Gasteiger charge is -2.43. The number of piperidine rings is 1. The molecule has 2 aromatic heterocycles. The summed E-state index contributed by atoms with van der Waals surface area (Å²) in [4.78, 5) is 26.2. The molecule has 0 amide bonds. The first-order chi connectivity index (χ1) is 21.8. The third-order valence-electron chi connectivity index (χ3n) is 9.05. The van der Waals surface area contributed by atoms with E-state index in [9.17, 15) is 0 Å². The number of aryl methyl sites for hydroxylation is 2. The van der Waals surface area contributed by atoms with Crippen molar-refractivity contribution in [2.45, 2.75) is 32.7 Å². The topological polar surface area (TPSA) is 97.8 Å². The van der Waals surface area contributed by atoms with E-state index >= 15 is 0 Å². The average molecular weight is 629 g/mol. The summed E-state index contributed by atoms with van der Waals surface area (Å²) in [5.74, 6) is 1.97. The van der Waals surface area contributed by atoms with E-state index in [1.165, 1.54) is 50.3 Å². The SMILES string of the molecule is COc1cc(N2CCC(N3CCN(C)CC3)CC2)c(C)cc1Nc1ncc(C)c(Nc2ccc3nccnc3c2N(C)SC)n1. The molecule has 0 radical (unpaired) electrons. The van der Waals surface area contributed by atoms with Gasteiger partial charge in [-0.25, -0.2) is 4.98 Å². The fraction of sp³-hybridized carbons (Fsp3) is 0.455. The third-order valence-corrected chi connectivity index (χ3v) is 9.78. The zero-order chi connectivity index (χ0) is 31.5. The van der Waals surface area contributed by atoms with Crippen molar-refractivity contribution in [1.29, 1.82) is 0 Å². The first kappa shape index (κ1) is 31.1. The number of nitrogens with one attached hydrogen (secondary N) is 2. The number of benzene rings is 2. The van der Waals surface area contributed by atoms with E-state index in [0.29, 0.717) is 17.8 Å². The Morgan fingerprint density at radius 1 is 0.911 bits per heavy atom. The molecule has 12 heteroatoms. The first-order valence-electron chi connectivity index (χ1n) is 15.6. The second kappa shape index (κ2) is 13.6. The molecule has 0 bridgehead atoms. The molecule has 4 aromatic rings. The van der Waals surface area contributed by atoms with E-state index in [2.05, 4.69) is 70.7 Å². The highest BCUT2D eigenvalue weighted by atomic mass is 32.2. The van der Waals surface area contributed by atoms with Crippen LogP contribution in [0.4, 0.5) is 34.5 Å². The number of hydrogen-bond donors (Lipinski definition) is 2. The normalized spacial score (nSPS) is 16.6. The van der Waals surface area contributed by atoms with Crippen LogP contribution < -0.4 is 24.6 Å². The van der Waals surface area contributed by atoms with Crippen LogP contribution in [0, 0.1) is 13.8 Å². The van der Waals surface area contributed by atoms with Gasteiger partial charge in [0.15, 0.2) is 0 Å². The maximum atomic E-state index is 5.88. The van der Waals surface area contributed by atoms with Gasteiger partial charge in [-0.05, 0) is 57.5 Å². The summed E-state index contributed by atoms with van der Waals surface area (Å²) >= 11 is 1.61. The minimum Gasteiger partial charge on any atom is -0.494 e. The number of rotatable bonds is 9. The summed E-state index contributed by atoms with van der Waals surface area (Å²) in [6, 6.07) is 8.97. The van der Waals surface area contributed by atoms with Crippen LogP contribution in [0.2, 0.25) is 0 Å². The summed E-state index contributed by atoms with van der Waals surface area (Å²) in [5.41, 5.74) is 7.69. The lowest BCUT2D eigenvalue weighted by Crippen LogP contribution is -2.52. The molecule has 0 spiro atoms. The van der Waals surface area contributed by atoms with Crippen LogP contribution in [0.5, 0.6) is 5.75 Å². The van der Waals surface area contributed by atoms with Gasteiger partial charge in [-0.2, -0.15) is 4.98 Å². The lowest BCUT2D eigenvalue weighted by atomic mass is 10.0. The predicted octanol–water partition coefficient (Wildman–Crippen LogP) is 5.46. The van der Waals surface area contributed by atoms with Crippen molar-refractivity contribution < 1.29 is 4.74 Å².